The van der Waals surface area contributed by atoms with Crippen molar-refractivity contribution in [2.75, 3.05) is 0 Å². The number of halogens is 1. The lowest BCUT2D eigenvalue weighted by atomic mass is 10.1. The summed E-state index contributed by atoms with van der Waals surface area (Å²) in [7, 11) is -3.88. The summed E-state index contributed by atoms with van der Waals surface area (Å²) in [6.45, 7) is 1.70. The van der Waals surface area contributed by atoms with Gasteiger partial charge >= 0.3 is 0 Å². The number of aliphatic hydroxyl groups excluding tert-OH is 2. The largest absolute Gasteiger partial charge is 0.487 e. The van der Waals surface area contributed by atoms with E-state index in [1.54, 1.807) is 49.4 Å². The molecule has 10 N–H and O–H groups in total. The van der Waals surface area contributed by atoms with Crippen molar-refractivity contribution < 1.29 is 28.5 Å². The lowest BCUT2D eigenvalue weighted by molar-refractivity contribution is 0.534. The van der Waals surface area contributed by atoms with Gasteiger partial charge in [0, 0.05) is 23.1 Å². The van der Waals surface area contributed by atoms with Gasteiger partial charge in [-0.2, -0.15) is 0 Å². The minimum atomic E-state index is -3.88. The van der Waals surface area contributed by atoms with Crippen LogP contribution in [0.4, 0.5) is 0 Å². The molecule has 1 aromatic heterocycles. The van der Waals surface area contributed by atoms with E-state index in [0.29, 0.717) is 27.9 Å². The second-order valence-electron chi connectivity index (χ2n) is 5.64. The van der Waals surface area contributed by atoms with Crippen molar-refractivity contribution >= 4 is 56.4 Å². The maximum Gasteiger partial charge on any atom is 0.251 e. The Balaban J connectivity index is 0. The molecule has 0 aliphatic heterocycles. The van der Waals surface area contributed by atoms with E-state index in [2.05, 4.69) is 40.9 Å². The highest BCUT2D eigenvalue weighted by Crippen LogP contribution is 2.35. The molecule has 10 nitrogen and oxygen atoms in total. The molecule has 3 rings (SSSR count). The van der Waals surface area contributed by atoms with E-state index in [9.17, 15) is 8.42 Å². The molecular formula is C19H25ClN4O6S3. The Labute approximate surface area is 207 Å². The van der Waals surface area contributed by atoms with Crippen molar-refractivity contribution in [1.82, 2.24) is 4.98 Å². The van der Waals surface area contributed by atoms with Crippen molar-refractivity contribution in [2.45, 2.75) is 19.2 Å². The number of hydrogen-bond donors (Lipinski definition) is 5. The van der Waals surface area contributed by atoms with Crippen LogP contribution in [0.3, 0.4) is 0 Å². The number of oxazole rings is 1. The van der Waals surface area contributed by atoms with Gasteiger partial charge in [-0.05, 0) is 54.8 Å². The first-order valence-electron chi connectivity index (χ1n) is 8.15. The number of rotatable bonds is 3. The molecule has 0 aliphatic rings. The molecule has 0 unspecified atom stereocenters. The molecule has 3 aromatic rings. The molecule has 182 valence electrons. The molecule has 14 heteroatoms. The van der Waals surface area contributed by atoms with Crippen LogP contribution in [0, 0.1) is 6.92 Å². The summed E-state index contributed by atoms with van der Waals surface area (Å²) in [5.74, 6) is 0.893. The first-order chi connectivity index (χ1) is 14.3. The summed E-state index contributed by atoms with van der Waals surface area (Å²) in [6.07, 6.45) is 0. The highest BCUT2D eigenvalue weighted by molar-refractivity contribution is 7.89. The highest BCUT2D eigenvalue weighted by Gasteiger charge is 2.21. The molecule has 0 spiro atoms. The van der Waals surface area contributed by atoms with Crippen LogP contribution in [0.2, 0.25) is 5.02 Å². The quantitative estimate of drug-likeness (QED) is 0.308. The third-order valence-corrected chi connectivity index (χ3v) is 4.51. The fourth-order valence-electron chi connectivity index (χ4n) is 2.32. The van der Waals surface area contributed by atoms with Gasteiger partial charge in [-0.15, -0.1) is 0 Å². The first kappa shape index (κ1) is 32.4. The van der Waals surface area contributed by atoms with Gasteiger partial charge < -0.3 is 31.6 Å². The van der Waals surface area contributed by atoms with Crippen LogP contribution in [0.25, 0.3) is 22.6 Å². The number of primary sulfonamides is 1. The molecule has 33 heavy (non-hydrogen) atoms. The topological polar surface area (TPSA) is 210 Å². The Morgan fingerprint density at radius 2 is 1.48 bits per heavy atom. The second kappa shape index (κ2) is 14.4. The number of aryl methyl sites for hydroxylation is 1. The standard InChI is InChI=1S/C16H13ClN2O3S.2CH3NOS.CH4.H2O/c1-10-19-15(13-4-2-3-5-14(13)23(18,20)21)16(22-10)11-6-8-12(17)9-7-11;2*2-1(3)4;;/h2-9H,1H3,(H2,18,20,21);2*(H3,2,3,4);1H4;1H2. The van der Waals surface area contributed by atoms with E-state index in [0.717, 1.165) is 5.56 Å². The first-order valence-corrected chi connectivity index (χ1v) is 10.9. The van der Waals surface area contributed by atoms with Gasteiger partial charge in [-0.1, -0.05) is 37.2 Å². The summed E-state index contributed by atoms with van der Waals surface area (Å²) in [4.78, 5) is 4.34. The summed E-state index contributed by atoms with van der Waals surface area (Å²) >= 11 is 13.6. The smallest absolute Gasteiger partial charge is 0.251 e. The molecule has 0 aliphatic carbocycles. The number of thiocarbonyl (C=S) groups is 2. The van der Waals surface area contributed by atoms with Crippen molar-refractivity contribution in [1.29, 1.82) is 0 Å². The number of hydrogen-bond acceptors (Lipinski definition) is 6. The fourth-order valence-corrected chi connectivity index (χ4v) is 3.18. The molecule has 0 radical (unpaired) electrons. The van der Waals surface area contributed by atoms with E-state index in [-0.39, 0.29) is 17.8 Å². The van der Waals surface area contributed by atoms with Crippen LogP contribution in [0.1, 0.15) is 13.3 Å². The van der Waals surface area contributed by atoms with Crippen LogP contribution in [-0.4, -0.2) is 39.4 Å². The van der Waals surface area contributed by atoms with Gasteiger partial charge in [-0.25, -0.2) is 18.5 Å². The fraction of sp³-hybridized carbons (Fsp3) is 0.105. The van der Waals surface area contributed by atoms with Crippen LogP contribution in [-0.2, 0) is 10.0 Å². The van der Waals surface area contributed by atoms with E-state index in [1.165, 1.54) is 6.07 Å². The van der Waals surface area contributed by atoms with Gasteiger partial charge in [0.05, 0.1) is 4.90 Å². The maximum atomic E-state index is 11.8. The zero-order valence-corrected chi connectivity index (χ0v) is 19.7. The lowest BCUT2D eigenvalue weighted by Gasteiger charge is -2.07. The number of sulfonamides is 1. The average Bonchev–Trinajstić information content (AvgIpc) is 3.02. The summed E-state index contributed by atoms with van der Waals surface area (Å²) in [6, 6.07) is 13.4. The van der Waals surface area contributed by atoms with Crippen molar-refractivity contribution in [3.05, 3.63) is 59.4 Å². The zero-order chi connectivity index (χ0) is 23.8. The van der Waals surface area contributed by atoms with Crippen molar-refractivity contribution in [2.24, 2.45) is 16.6 Å². The highest BCUT2D eigenvalue weighted by atomic mass is 35.5. The monoisotopic (exact) mass is 536 g/mol. The Bertz CT molecular complexity index is 1150. The average molecular weight is 537 g/mol. The Hall–Kier alpha value is -2.81. The summed E-state index contributed by atoms with van der Waals surface area (Å²) in [5.41, 5.74) is 10.4. The van der Waals surface area contributed by atoms with Crippen LogP contribution in [0.15, 0.2) is 57.8 Å². The van der Waals surface area contributed by atoms with E-state index in [4.69, 9.17) is 31.4 Å². The Morgan fingerprint density at radius 1 is 1.03 bits per heavy atom. The summed E-state index contributed by atoms with van der Waals surface area (Å²) < 4.78 is 29.3. The van der Waals surface area contributed by atoms with Gasteiger partial charge in [0.15, 0.2) is 11.7 Å². The maximum absolute atomic E-state index is 11.8. The number of aromatic nitrogens is 1. The van der Waals surface area contributed by atoms with Crippen LogP contribution < -0.4 is 16.6 Å². The molecule has 0 atom stereocenters. The molecule has 2 aromatic carbocycles. The summed E-state index contributed by atoms with van der Waals surface area (Å²) in [5, 5.41) is 20.0. The number of aliphatic hydroxyl groups is 2. The third kappa shape index (κ3) is 11.1. The molecule has 0 bridgehead atoms. The number of benzene rings is 2. The SMILES string of the molecule is C.Cc1nc(-c2ccccc2S(N)(=O)=O)c(-c2ccc(Cl)cc2)o1.NC(O)=S.NC(O)=S.O. The normalized spacial score (nSPS) is 9.55. The van der Waals surface area contributed by atoms with Crippen molar-refractivity contribution in [3.8, 4) is 22.6 Å². The molecule has 0 saturated carbocycles. The predicted molar refractivity (Wildman–Crippen MR) is 138 cm³/mol. The zero-order valence-electron chi connectivity index (χ0n) is 16.5. The van der Waals surface area contributed by atoms with Gasteiger partial charge in [-0.3, -0.25) is 0 Å². The van der Waals surface area contributed by atoms with Gasteiger partial charge in [0.2, 0.25) is 10.0 Å². The Morgan fingerprint density at radius 3 is 1.94 bits per heavy atom. The lowest BCUT2D eigenvalue weighted by Crippen LogP contribution is -2.13. The minimum absolute atomic E-state index is 0. The van der Waals surface area contributed by atoms with E-state index < -0.39 is 20.4 Å². The molecule has 0 amide bonds. The van der Waals surface area contributed by atoms with Gasteiger partial charge in [0.25, 0.3) is 10.3 Å². The van der Waals surface area contributed by atoms with Gasteiger partial charge in [0.1, 0.15) is 5.69 Å². The minimum Gasteiger partial charge on any atom is -0.487 e. The molecule has 0 saturated heterocycles. The Kier molecular flexibility index (Phi) is 14.1. The molecule has 0 fully saturated rings. The van der Waals surface area contributed by atoms with E-state index >= 15 is 0 Å². The molecule has 1 heterocycles. The number of nitrogens with two attached hydrogens (primary N) is 3. The second-order valence-corrected chi connectivity index (χ2v) is 8.44. The van der Waals surface area contributed by atoms with Crippen molar-refractivity contribution in [3.63, 3.8) is 0 Å². The van der Waals surface area contributed by atoms with Crippen LogP contribution in [0.5, 0.6) is 0 Å². The molecular weight excluding hydrogens is 512 g/mol. The number of nitrogens with zero attached hydrogens (tertiary/aromatic N) is 1. The predicted octanol–water partition coefficient (Wildman–Crippen LogP) is 3.01. The van der Waals surface area contributed by atoms with E-state index in [1.807, 2.05) is 0 Å². The third-order valence-electron chi connectivity index (χ3n) is 3.29. The van der Waals surface area contributed by atoms with Crippen LogP contribution >= 0.6 is 36.0 Å².